The molecule has 0 aromatic rings. The van der Waals surface area contributed by atoms with E-state index in [0.717, 1.165) is 122 Å². The van der Waals surface area contributed by atoms with Gasteiger partial charge in [-0.25, -0.2) is 0 Å². The molecular formula is C76H128O6. The topological polar surface area (TPSA) is 78.9 Å². The lowest BCUT2D eigenvalue weighted by molar-refractivity contribution is -0.167. The van der Waals surface area contributed by atoms with Crippen LogP contribution in [-0.4, -0.2) is 37.2 Å². The molecule has 0 aromatic carbocycles. The van der Waals surface area contributed by atoms with Crippen LogP contribution in [0.15, 0.2) is 122 Å². The van der Waals surface area contributed by atoms with Gasteiger partial charge in [0.25, 0.3) is 0 Å². The van der Waals surface area contributed by atoms with Crippen molar-refractivity contribution in [1.82, 2.24) is 0 Å². The van der Waals surface area contributed by atoms with Crippen LogP contribution in [0.2, 0.25) is 0 Å². The van der Waals surface area contributed by atoms with Crippen LogP contribution in [0.3, 0.4) is 0 Å². The molecule has 0 aromatic heterocycles. The fourth-order valence-corrected chi connectivity index (χ4v) is 9.57. The maximum Gasteiger partial charge on any atom is 0.306 e. The Morgan fingerprint density at radius 1 is 0.256 bits per heavy atom. The molecule has 1 atom stereocenters. The number of allylic oxidation sites excluding steroid dienone is 20. The summed E-state index contributed by atoms with van der Waals surface area (Å²) in [5, 5.41) is 0. The Kier molecular flexibility index (Phi) is 65.8. The van der Waals surface area contributed by atoms with E-state index in [-0.39, 0.29) is 31.1 Å². The molecule has 0 aliphatic heterocycles. The second kappa shape index (κ2) is 69.3. The minimum Gasteiger partial charge on any atom is -0.462 e. The predicted molar refractivity (Wildman–Crippen MR) is 357 cm³/mol. The van der Waals surface area contributed by atoms with Gasteiger partial charge < -0.3 is 14.2 Å². The zero-order valence-corrected chi connectivity index (χ0v) is 53.7. The predicted octanol–water partition coefficient (Wildman–Crippen LogP) is 23.9. The van der Waals surface area contributed by atoms with Crippen molar-refractivity contribution in [3.8, 4) is 0 Å². The van der Waals surface area contributed by atoms with Gasteiger partial charge in [0.05, 0.1) is 0 Å². The minimum atomic E-state index is -0.787. The molecule has 0 amide bonds. The Morgan fingerprint density at radius 2 is 0.476 bits per heavy atom. The summed E-state index contributed by atoms with van der Waals surface area (Å²) in [6.45, 7) is 6.41. The highest BCUT2D eigenvalue weighted by molar-refractivity contribution is 5.71. The van der Waals surface area contributed by atoms with Crippen LogP contribution in [0.25, 0.3) is 0 Å². The maximum atomic E-state index is 12.9. The van der Waals surface area contributed by atoms with Crippen molar-refractivity contribution in [2.45, 2.75) is 329 Å². The number of carbonyl (C=O) groups is 3. The van der Waals surface area contributed by atoms with E-state index in [2.05, 4.69) is 142 Å². The Bertz CT molecular complexity index is 1690. The van der Waals surface area contributed by atoms with E-state index in [9.17, 15) is 14.4 Å². The second-order valence-corrected chi connectivity index (χ2v) is 22.7. The molecule has 468 valence electrons. The van der Waals surface area contributed by atoms with Crippen molar-refractivity contribution in [2.75, 3.05) is 13.2 Å². The molecule has 0 heterocycles. The third-order valence-corrected chi connectivity index (χ3v) is 14.7. The second-order valence-electron chi connectivity index (χ2n) is 22.7. The summed E-state index contributed by atoms with van der Waals surface area (Å²) in [7, 11) is 0. The summed E-state index contributed by atoms with van der Waals surface area (Å²) < 4.78 is 17.0. The first-order chi connectivity index (χ1) is 40.5. The van der Waals surface area contributed by atoms with Gasteiger partial charge in [-0.1, -0.05) is 296 Å². The highest BCUT2D eigenvalue weighted by Crippen LogP contribution is 2.17. The number of hydrogen-bond donors (Lipinski definition) is 0. The van der Waals surface area contributed by atoms with E-state index in [1.807, 2.05) is 0 Å². The maximum absolute atomic E-state index is 12.9. The fraction of sp³-hybridized carbons (Fsp3) is 0.697. The van der Waals surface area contributed by atoms with E-state index in [1.54, 1.807) is 0 Å². The first-order valence-corrected chi connectivity index (χ1v) is 34.5. The summed E-state index contributed by atoms with van der Waals surface area (Å²) in [5.41, 5.74) is 0. The van der Waals surface area contributed by atoms with E-state index in [0.29, 0.717) is 19.3 Å². The fourth-order valence-electron chi connectivity index (χ4n) is 9.57. The van der Waals surface area contributed by atoms with Crippen molar-refractivity contribution in [2.24, 2.45) is 0 Å². The summed E-state index contributed by atoms with van der Waals surface area (Å²) in [6.07, 6.45) is 96.5. The molecule has 0 bridgehead atoms. The van der Waals surface area contributed by atoms with Crippen molar-refractivity contribution >= 4 is 17.9 Å². The monoisotopic (exact) mass is 1140 g/mol. The van der Waals surface area contributed by atoms with Crippen LogP contribution in [0, 0.1) is 0 Å². The highest BCUT2D eigenvalue weighted by atomic mass is 16.6. The number of carbonyl (C=O) groups excluding carboxylic acids is 3. The molecule has 82 heavy (non-hydrogen) atoms. The molecule has 1 unspecified atom stereocenters. The molecule has 0 saturated carbocycles. The van der Waals surface area contributed by atoms with E-state index in [1.165, 1.54) is 161 Å². The van der Waals surface area contributed by atoms with Gasteiger partial charge in [-0.3, -0.25) is 14.4 Å². The molecular weight excluding hydrogens is 1010 g/mol. The molecule has 0 aliphatic rings. The number of hydrogen-bond acceptors (Lipinski definition) is 6. The Morgan fingerprint density at radius 3 is 0.756 bits per heavy atom. The standard InChI is InChI=1S/C76H128O6/c1-4-7-10-13-16-19-22-25-27-29-31-33-35-37-38-40-41-43-45-47-49-51-54-57-60-63-66-69-75(78)81-72-73(71-80-74(77)68-65-62-59-56-53-24-21-18-15-12-9-6-3)82-76(79)70-67-64-61-58-55-52-50-48-46-44-42-39-36-34-32-30-28-26-23-20-17-14-11-8-5-2/h7-8,10-11,16-21,25-28,31-34,37-38,73H,4-6,9,12-15,22-24,29-30,35-36,39-72H2,1-3H3/b10-7-,11-8-,19-16-,20-17-,21-18-,27-25-,28-26-,33-31-,34-32-,38-37-. The van der Waals surface area contributed by atoms with E-state index >= 15 is 0 Å². The van der Waals surface area contributed by atoms with Gasteiger partial charge in [-0.15, -0.1) is 0 Å². The number of ether oxygens (including phenoxy) is 3. The third kappa shape index (κ3) is 66.6. The van der Waals surface area contributed by atoms with E-state index < -0.39 is 6.10 Å². The zero-order chi connectivity index (χ0) is 59.2. The van der Waals surface area contributed by atoms with Crippen LogP contribution >= 0.6 is 0 Å². The molecule has 6 heteroatoms. The number of rotatable bonds is 62. The average molecular weight is 1140 g/mol. The lowest BCUT2D eigenvalue weighted by atomic mass is 10.0. The normalized spacial score (nSPS) is 12.9. The summed E-state index contributed by atoms with van der Waals surface area (Å²) >= 11 is 0. The summed E-state index contributed by atoms with van der Waals surface area (Å²) in [6, 6.07) is 0. The van der Waals surface area contributed by atoms with Gasteiger partial charge in [-0.2, -0.15) is 0 Å². The lowest BCUT2D eigenvalue weighted by Crippen LogP contribution is -2.30. The van der Waals surface area contributed by atoms with Crippen LogP contribution in [0.1, 0.15) is 323 Å². The van der Waals surface area contributed by atoms with Crippen LogP contribution in [0.5, 0.6) is 0 Å². The summed E-state index contributed by atoms with van der Waals surface area (Å²) in [5.74, 6) is -0.887. The molecule has 0 spiro atoms. The molecule has 0 radical (unpaired) electrons. The molecule has 0 fully saturated rings. The van der Waals surface area contributed by atoms with Gasteiger partial charge in [0.2, 0.25) is 0 Å². The number of esters is 3. The van der Waals surface area contributed by atoms with Gasteiger partial charge in [0.15, 0.2) is 6.10 Å². The van der Waals surface area contributed by atoms with Crippen molar-refractivity contribution < 1.29 is 28.6 Å². The Labute approximate surface area is 507 Å². The van der Waals surface area contributed by atoms with Crippen LogP contribution in [0.4, 0.5) is 0 Å². The van der Waals surface area contributed by atoms with E-state index in [4.69, 9.17) is 14.2 Å². The Hall–Kier alpha value is -4.19. The molecule has 0 saturated heterocycles. The lowest BCUT2D eigenvalue weighted by Gasteiger charge is -2.18. The van der Waals surface area contributed by atoms with Gasteiger partial charge in [-0.05, 0) is 128 Å². The molecule has 0 N–H and O–H groups in total. The average Bonchev–Trinajstić information content (AvgIpc) is 3.47. The first-order valence-electron chi connectivity index (χ1n) is 34.5. The Balaban J connectivity index is 4.28. The van der Waals surface area contributed by atoms with Gasteiger partial charge in [0, 0.05) is 19.3 Å². The van der Waals surface area contributed by atoms with Gasteiger partial charge in [0.1, 0.15) is 13.2 Å². The van der Waals surface area contributed by atoms with Crippen LogP contribution < -0.4 is 0 Å². The number of unbranched alkanes of at least 4 members (excludes halogenated alkanes) is 31. The van der Waals surface area contributed by atoms with Gasteiger partial charge >= 0.3 is 17.9 Å². The minimum absolute atomic E-state index is 0.0830. The zero-order valence-electron chi connectivity index (χ0n) is 53.7. The van der Waals surface area contributed by atoms with Crippen molar-refractivity contribution in [3.05, 3.63) is 122 Å². The quantitative estimate of drug-likeness (QED) is 0.0261. The third-order valence-electron chi connectivity index (χ3n) is 14.7. The first kappa shape index (κ1) is 77.8. The smallest absolute Gasteiger partial charge is 0.306 e. The molecule has 0 aliphatic carbocycles. The van der Waals surface area contributed by atoms with Crippen LogP contribution in [-0.2, 0) is 28.6 Å². The molecule has 6 nitrogen and oxygen atoms in total. The SMILES string of the molecule is CC/C=C\C/C=C\C/C=C\C/C=C\C/C=C\CCCCCCCCCCCCCC(=O)OCC(COC(=O)CCCCCCC/C=C\CCCCC)OC(=O)CCCCCCCCCCCCCC/C=C\C/C=C\C/C=C\C/C=C\CC. The largest absolute Gasteiger partial charge is 0.462 e. The molecule has 0 rings (SSSR count). The van der Waals surface area contributed by atoms with Crippen molar-refractivity contribution in [3.63, 3.8) is 0 Å². The summed E-state index contributed by atoms with van der Waals surface area (Å²) in [4.78, 5) is 38.4. The highest BCUT2D eigenvalue weighted by Gasteiger charge is 2.19. The van der Waals surface area contributed by atoms with Crippen molar-refractivity contribution in [1.29, 1.82) is 0 Å².